The van der Waals surface area contributed by atoms with E-state index in [0.29, 0.717) is 28.7 Å². The summed E-state index contributed by atoms with van der Waals surface area (Å²) in [6, 6.07) is 7.78. The molecule has 0 fully saturated rings. The molecule has 0 aliphatic carbocycles. The molecule has 2 aliphatic heterocycles. The first-order valence-electron chi connectivity index (χ1n) is 10.8. The number of nitrogens with two attached hydrogens (primary N) is 1. The second-order valence-corrected chi connectivity index (χ2v) is 11.8. The Morgan fingerprint density at radius 1 is 1.23 bits per heavy atom. The van der Waals surface area contributed by atoms with Gasteiger partial charge in [-0.2, -0.15) is 0 Å². The van der Waals surface area contributed by atoms with Crippen molar-refractivity contribution < 1.29 is 14.3 Å². The van der Waals surface area contributed by atoms with E-state index in [4.69, 9.17) is 15.5 Å². The Morgan fingerprint density at radius 3 is 2.77 bits per heavy atom. The number of carbonyl (C=O) groups excluding carboxylic acids is 1. The molecule has 1 atom stereocenters. The van der Waals surface area contributed by atoms with Crippen LogP contribution >= 0.6 is 0 Å². The maximum atomic E-state index is 13.4. The summed E-state index contributed by atoms with van der Waals surface area (Å²) in [6.45, 7) is 4.25. The third-order valence-corrected chi connectivity index (χ3v) is 9.79. The van der Waals surface area contributed by atoms with Gasteiger partial charge in [-0.25, -0.2) is 4.98 Å². The molecule has 1 aromatic carbocycles. The number of pyridine rings is 2. The van der Waals surface area contributed by atoms with Crippen LogP contribution in [0.3, 0.4) is 0 Å². The molecular formula is C23H25N3O4Si. The Balaban J connectivity index is 1.80. The van der Waals surface area contributed by atoms with Gasteiger partial charge in [0.05, 0.1) is 29.0 Å². The molecule has 0 amide bonds. The van der Waals surface area contributed by atoms with E-state index in [0.717, 1.165) is 41.4 Å². The number of aromatic nitrogens is 2. The Kier molecular flexibility index (Phi) is 4.53. The number of hydrogen-bond donors (Lipinski definition) is 2. The van der Waals surface area contributed by atoms with Gasteiger partial charge in [-0.1, -0.05) is 20.3 Å². The third kappa shape index (κ3) is 2.78. The molecular weight excluding hydrogens is 410 g/mol. The maximum absolute atomic E-state index is 13.4. The normalized spacial score (nSPS) is 19.1. The summed E-state index contributed by atoms with van der Waals surface area (Å²) >= 11 is 0. The van der Waals surface area contributed by atoms with E-state index in [-0.39, 0.29) is 18.2 Å². The highest BCUT2D eigenvalue weighted by molar-refractivity contribution is 7.09. The summed E-state index contributed by atoms with van der Waals surface area (Å²) in [5, 5.41) is 1.50. The first-order chi connectivity index (χ1) is 14.9. The van der Waals surface area contributed by atoms with Gasteiger partial charge in [0.1, 0.15) is 6.61 Å². The molecule has 160 valence electrons. The molecule has 2 aliphatic rings. The van der Waals surface area contributed by atoms with Gasteiger partial charge in [0, 0.05) is 16.6 Å². The van der Waals surface area contributed by atoms with Crippen LogP contribution in [0.4, 0.5) is 10.5 Å². The summed E-state index contributed by atoms with van der Waals surface area (Å²) < 4.78 is 6.92. The van der Waals surface area contributed by atoms with Crippen LogP contribution in [0.25, 0.3) is 22.3 Å². The number of nitrogens with zero attached hydrogens (tertiary/aromatic N) is 2. The number of ether oxygens (including phenoxy) is 1. The third-order valence-electron chi connectivity index (χ3n) is 6.61. The molecule has 0 saturated carbocycles. The fourth-order valence-electron chi connectivity index (χ4n) is 4.82. The Hall–Kier alpha value is -2.97. The van der Waals surface area contributed by atoms with Crippen molar-refractivity contribution in [1.82, 2.24) is 9.55 Å². The first-order valence-corrected chi connectivity index (χ1v) is 12.9. The monoisotopic (exact) mass is 435 g/mol. The molecule has 0 unspecified atom stereocenters. The largest absolute Gasteiger partial charge is 0.463 e. The van der Waals surface area contributed by atoms with Crippen molar-refractivity contribution in [3.8, 4) is 11.4 Å². The number of cyclic esters (lactones) is 1. The Morgan fingerprint density at radius 2 is 2.03 bits per heavy atom. The van der Waals surface area contributed by atoms with Crippen LogP contribution in [0.1, 0.15) is 43.4 Å². The zero-order valence-electron chi connectivity index (χ0n) is 17.7. The molecule has 3 N–H and O–H groups in total. The highest BCUT2D eigenvalue weighted by atomic mass is 28.4. The molecule has 5 rings (SSSR count). The molecule has 3 aromatic rings. The summed E-state index contributed by atoms with van der Waals surface area (Å²) in [5.74, 6) is 0. The second kappa shape index (κ2) is 7.03. The number of aryl methyl sites for hydroxylation is 1. The molecule has 7 nitrogen and oxygen atoms in total. The maximum Gasteiger partial charge on any atom is 0.347 e. The van der Waals surface area contributed by atoms with Crippen molar-refractivity contribution in [3.63, 3.8) is 0 Å². The zero-order chi connectivity index (χ0) is 21.9. The first kappa shape index (κ1) is 20.0. The van der Waals surface area contributed by atoms with Gasteiger partial charge >= 0.3 is 13.9 Å². The number of hydrogen-bond acceptors (Lipinski definition) is 6. The quantitative estimate of drug-likeness (QED) is 0.377. The van der Waals surface area contributed by atoms with Crippen LogP contribution in [0.2, 0.25) is 6.04 Å². The predicted molar refractivity (Wildman–Crippen MR) is 122 cm³/mol. The lowest BCUT2D eigenvalue weighted by atomic mass is 9.96. The van der Waals surface area contributed by atoms with Crippen LogP contribution < -0.4 is 16.5 Å². The highest BCUT2D eigenvalue weighted by Crippen LogP contribution is 2.37. The zero-order valence-corrected chi connectivity index (χ0v) is 18.7. The molecule has 31 heavy (non-hydrogen) atoms. The lowest BCUT2D eigenvalue weighted by molar-refractivity contribution is 0.156. The van der Waals surface area contributed by atoms with Gasteiger partial charge in [-0.05, 0) is 53.9 Å². The number of fused-ring (bicyclic) bond motifs is 5. The minimum absolute atomic E-state index is 0.0897. The fourth-order valence-corrected chi connectivity index (χ4v) is 7.07. The average Bonchev–Trinajstić information content (AvgIpc) is 3.13. The molecule has 4 heterocycles. The summed E-state index contributed by atoms with van der Waals surface area (Å²) in [5.41, 5.74) is 10.8. The lowest BCUT2D eigenvalue weighted by Gasteiger charge is -2.29. The summed E-state index contributed by atoms with van der Waals surface area (Å²) in [6.07, 6.45) is 2.95. The number of anilines is 1. The van der Waals surface area contributed by atoms with E-state index < -0.39 is 13.9 Å². The van der Waals surface area contributed by atoms with Gasteiger partial charge < -0.3 is 19.8 Å². The van der Waals surface area contributed by atoms with Crippen molar-refractivity contribution >= 4 is 35.7 Å². The van der Waals surface area contributed by atoms with Crippen LogP contribution in [0, 0.1) is 0 Å². The Bertz CT molecular complexity index is 1320. The van der Waals surface area contributed by atoms with Crippen molar-refractivity contribution in [2.45, 2.75) is 52.3 Å². The molecule has 2 aromatic heterocycles. The van der Waals surface area contributed by atoms with Gasteiger partial charge in [0.25, 0.3) is 5.56 Å². The van der Waals surface area contributed by atoms with Gasteiger partial charge in [-0.15, -0.1) is 0 Å². The number of benzene rings is 1. The van der Waals surface area contributed by atoms with Crippen LogP contribution in [0.15, 0.2) is 29.1 Å². The van der Waals surface area contributed by atoms with E-state index >= 15 is 0 Å². The number of rotatable bonds is 4. The van der Waals surface area contributed by atoms with Crippen molar-refractivity contribution in [3.05, 3.63) is 51.3 Å². The number of unbranched alkanes of at least 4 members (excludes halogenated alkanes) is 1. The van der Waals surface area contributed by atoms with E-state index in [1.54, 1.807) is 11.5 Å². The highest BCUT2D eigenvalue weighted by Gasteiger charge is 2.49. The molecule has 8 heteroatoms. The SMILES string of the molecule is CCCCc1c2c(nc3ccc(N)cc13)-c1cc3c(c(=O)n1C2)COC(=O)[Si@]3(O)CC. The van der Waals surface area contributed by atoms with Crippen LogP contribution in [0.5, 0.6) is 0 Å². The van der Waals surface area contributed by atoms with Crippen molar-refractivity contribution in [1.29, 1.82) is 0 Å². The van der Waals surface area contributed by atoms with Gasteiger partial charge in [0.2, 0.25) is 0 Å². The van der Waals surface area contributed by atoms with E-state index in [9.17, 15) is 14.4 Å². The van der Waals surface area contributed by atoms with Crippen LogP contribution in [-0.2, 0) is 24.3 Å². The van der Waals surface area contributed by atoms with E-state index in [2.05, 4.69) is 6.92 Å². The standard InChI is InChI=1S/C23H25N3O4Si/c1-3-5-6-14-15-9-13(24)7-8-18(15)25-21-16(14)11-26-19(21)10-20-17(22(26)27)12-30-23(28)31(20,29)4-2/h7-10,29H,3-6,11-12,24H2,1-2H3/t31-/m0/s1. The lowest BCUT2D eigenvalue weighted by Crippen LogP contribution is -2.61. The summed E-state index contributed by atoms with van der Waals surface area (Å²) in [4.78, 5) is 41.8. The summed E-state index contributed by atoms with van der Waals surface area (Å²) in [7, 11) is -3.54. The molecule has 0 spiro atoms. The molecule has 0 radical (unpaired) electrons. The minimum atomic E-state index is -3.54. The smallest absolute Gasteiger partial charge is 0.347 e. The molecule has 0 bridgehead atoms. The number of carbonyl (C=O) groups is 1. The van der Waals surface area contributed by atoms with Crippen molar-refractivity contribution in [2.75, 3.05) is 5.73 Å². The van der Waals surface area contributed by atoms with E-state index in [1.807, 2.05) is 24.3 Å². The Labute approximate surface area is 180 Å². The average molecular weight is 436 g/mol. The van der Waals surface area contributed by atoms with E-state index in [1.165, 1.54) is 5.56 Å². The van der Waals surface area contributed by atoms with Crippen molar-refractivity contribution in [2.24, 2.45) is 0 Å². The number of nitrogen functional groups attached to an aromatic ring is 1. The predicted octanol–water partition coefficient (Wildman–Crippen LogP) is 2.75. The minimum Gasteiger partial charge on any atom is -0.463 e. The van der Waals surface area contributed by atoms with Crippen LogP contribution in [-0.4, -0.2) is 28.3 Å². The van der Waals surface area contributed by atoms with Gasteiger partial charge in [-0.3, -0.25) is 9.59 Å². The second-order valence-electron chi connectivity index (χ2n) is 8.40. The fraction of sp³-hybridized carbons (Fsp3) is 0.348. The molecule has 0 saturated heterocycles. The topological polar surface area (TPSA) is 107 Å². The van der Waals surface area contributed by atoms with Gasteiger partial charge in [0.15, 0.2) is 0 Å².